The van der Waals surface area contributed by atoms with Gasteiger partial charge in [-0.05, 0) is 25.2 Å². The van der Waals surface area contributed by atoms with E-state index in [1.54, 1.807) is 14.0 Å². The molecule has 134 valence electrons. The fourth-order valence-electron chi connectivity index (χ4n) is 4.52. The summed E-state index contributed by atoms with van der Waals surface area (Å²) in [5.74, 6) is 1.85. The van der Waals surface area contributed by atoms with Gasteiger partial charge in [0.2, 0.25) is 17.7 Å². The van der Waals surface area contributed by atoms with Gasteiger partial charge in [0.1, 0.15) is 6.04 Å². The first kappa shape index (κ1) is 17.4. The molecule has 1 aromatic heterocycles. The molecular formula is C18H29N3O3. The van der Waals surface area contributed by atoms with Crippen LogP contribution in [0.15, 0.2) is 4.42 Å². The zero-order chi connectivity index (χ0) is 17.3. The standard InChI is InChI=1S/C18H29N3O3/c1-12(2)10-18(7-5-6-8-18)17(22)21-11-14(23-4)9-15(21)16-20-19-13(3)24-16/h12,14-15H,5-11H2,1-4H3/t14-,15+/m0/s1. The molecule has 0 aromatic carbocycles. The predicted molar refractivity (Wildman–Crippen MR) is 89.3 cm³/mol. The zero-order valence-corrected chi connectivity index (χ0v) is 15.2. The van der Waals surface area contributed by atoms with Gasteiger partial charge in [-0.15, -0.1) is 10.2 Å². The minimum absolute atomic E-state index is 0.0312. The summed E-state index contributed by atoms with van der Waals surface area (Å²) in [5.41, 5.74) is -0.218. The highest BCUT2D eigenvalue weighted by Gasteiger charge is 2.49. The monoisotopic (exact) mass is 335 g/mol. The van der Waals surface area contributed by atoms with Crippen molar-refractivity contribution in [3.63, 3.8) is 0 Å². The predicted octanol–water partition coefficient (Wildman–Crippen LogP) is 3.27. The van der Waals surface area contributed by atoms with Crippen molar-refractivity contribution in [3.8, 4) is 0 Å². The van der Waals surface area contributed by atoms with E-state index >= 15 is 0 Å². The lowest BCUT2D eigenvalue weighted by atomic mass is 9.77. The maximum atomic E-state index is 13.5. The van der Waals surface area contributed by atoms with Crippen LogP contribution in [0.2, 0.25) is 0 Å². The van der Waals surface area contributed by atoms with Gasteiger partial charge in [-0.2, -0.15) is 0 Å². The average Bonchev–Trinajstić information content (AvgIpc) is 3.25. The molecule has 6 nitrogen and oxygen atoms in total. The lowest BCUT2D eigenvalue weighted by Gasteiger charge is -2.35. The number of hydrogen-bond donors (Lipinski definition) is 0. The number of amides is 1. The third-order valence-corrected chi connectivity index (χ3v) is 5.50. The third kappa shape index (κ3) is 3.21. The van der Waals surface area contributed by atoms with Crippen molar-refractivity contribution >= 4 is 5.91 Å². The molecule has 0 spiro atoms. The van der Waals surface area contributed by atoms with Crippen LogP contribution >= 0.6 is 0 Å². The summed E-state index contributed by atoms with van der Waals surface area (Å²) < 4.78 is 11.2. The summed E-state index contributed by atoms with van der Waals surface area (Å²) in [4.78, 5) is 15.5. The highest BCUT2D eigenvalue weighted by Crippen LogP contribution is 2.47. The molecule has 6 heteroatoms. The van der Waals surface area contributed by atoms with Gasteiger partial charge in [-0.1, -0.05) is 26.7 Å². The third-order valence-electron chi connectivity index (χ3n) is 5.50. The molecule has 0 radical (unpaired) electrons. The second-order valence-corrected chi connectivity index (χ2v) is 7.81. The SMILES string of the molecule is CO[C@H]1C[C@H](c2nnc(C)o2)N(C(=O)C2(CC(C)C)CCCC2)C1. The molecule has 3 rings (SSSR count). The van der Waals surface area contributed by atoms with E-state index < -0.39 is 0 Å². The van der Waals surface area contributed by atoms with Crippen molar-refractivity contribution in [2.75, 3.05) is 13.7 Å². The van der Waals surface area contributed by atoms with E-state index in [0.29, 0.717) is 24.2 Å². The van der Waals surface area contributed by atoms with Crippen LogP contribution < -0.4 is 0 Å². The van der Waals surface area contributed by atoms with E-state index in [4.69, 9.17) is 9.15 Å². The number of rotatable bonds is 5. The quantitative estimate of drug-likeness (QED) is 0.826. The molecule has 2 heterocycles. The maximum Gasteiger partial charge on any atom is 0.239 e. The molecule has 2 atom stereocenters. The van der Waals surface area contributed by atoms with Crippen LogP contribution in [0.5, 0.6) is 0 Å². The number of ether oxygens (including phenoxy) is 1. The molecule has 0 bridgehead atoms. The van der Waals surface area contributed by atoms with Gasteiger partial charge >= 0.3 is 0 Å². The lowest BCUT2D eigenvalue weighted by Crippen LogP contribution is -2.43. The zero-order valence-electron chi connectivity index (χ0n) is 15.2. The van der Waals surface area contributed by atoms with Crippen LogP contribution in [0.1, 0.15) is 70.2 Å². The van der Waals surface area contributed by atoms with E-state index in [9.17, 15) is 4.79 Å². The molecule has 1 saturated carbocycles. The summed E-state index contributed by atoms with van der Waals surface area (Å²) >= 11 is 0. The number of nitrogens with zero attached hydrogens (tertiary/aromatic N) is 3. The van der Waals surface area contributed by atoms with Gasteiger partial charge in [0, 0.05) is 32.4 Å². The molecule has 1 amide bonds. The van der Waals surface area contributed by atoms with Crippen molar-refractivity contribution in [3.05, 3.63) is 11.8 Å². The minimum atomic E-state index is -0.218. The Morgan fingerprint density at radius 1 is 1.38 bits per heavy atom. The smallest absolute Gasteiger partial charge is 0.239 e. The van der Waals surface area contributed by atoms with Crippen LogP contribution in [0.4, 0.5) is 0 Å². The van der Waals surface area contributed by atoms with Crippen molar-refractivity contribution in [2.24, 2.45) is 11.3 Å². The number of carbonyl (C=O) groups is 1. The van der Waals surface area contributed by atoms with Gasteiger partial charge in [0.05, 0.1) is 6.10 Å². The van der Waals surface area contributed by atoms with Gasteiger partial charge in [0.15, 0.2) is 0 Å². The number of aryl methyl sites for hydroxylation is 1. The Labute approximate surface area is 143 Å². The van der Waals surface area contributed by atoms with E-state index in [-0.39, 0.29) is 23.5 Å². The van der Waals surface area contributed by atoms with Crippen LogP contribution in [0.3, 0.4) is 0 Å². The molecule has 2 aliphatic rings. The Kier molecular flexibility index (Phi) is 4.95. The number of carbonyl (C=O) groups excluding carboxylic acids is 1. The van der Waals surface area contributed by atoms with E-state index in [1.807, 2.05) is 4.90 Å². The second kappa shape index (κ2) is 6.82. The Bertz CT molecular complexity index is 578. The Morgan fingerprint density at radius 3 is 2.62 bits per heavy atom. The summed E-state index contributed by atoms with van der Waals surface area (Å²) in [6, 6.07) is -0.159. The molecule has 1 saturated heterocycles. The molecule has 24 heavy (non-hydrogen) atoms. The van der Waals surface area contributed by atoms with Crippen LogP contribution in [0, 0.1) is 18.3 Å². The first-order valence-electron chi connectivity index (χ1n) is 9.09. The number of aromatic nitrogens is 2. The van der Waals surface area contributed by atoms with Gasteiger partial charge < -0.3 is 14.1 Å². The second-order valence-electron chi connectivity index (χ2n) is 7.81. The highest BCUT2D eigenvalue weighted by molar-refractivity contribution is 5.83. The Morgan fingerprint density at radius 2 is 2.08 bits per heavy atom. The Hall–Kier alpha value is -1.43. The summed E-state index contributed by atoms with van der Waals surface area (Å²) in [6.07, 6.45) is 5.98. The highest BCUT2D eigenvalue weighted by atomic mass is 16.5. The van der Waals surface area contributed by atoms with Crippen molar-refractivity contribution in [1.82, 2.24) is 15.1 Å². The molecular weight excluding hydrogens is 306 g/mol. The van der Waals surface area contributed by atoms with E-state index in [2.05, 4.69) is 24.0 Å². The first-order chi connectivity index (χ1) is 11.4. The maximum absolute atomic E-state index is 13.5. The van der Waals surface area contributed by atoms with Crippen molar-refractivity contribution in [2.45, 2.75) is 71.4 Å². The normalized spacial score (nSPS) is 26.5. The van der Waals surface area contributed by atoms with Gasteiger partial charge in [-0.3, -0.25) is 4.79 Å². The largest absolute Gasteiger partial charge is 0.423 e. The molecule has 1 aliphatic carbocycles. The van der Waals surface area contributed by atoms with Crippen LogP contribution in [-0.4, -0.2) is 40.8 Å². The minimum Gasteiger partial charge on any atom is -0.423 e. The number of hydrogen-bond acceptors (Lipinski definition) is 5. The lowest BCUT2D eigenvalue weighted by molar-refractivity contribution is -0.144. The van der Waals surface area contributed by atoms with Crippen LogP contribution in [-0.2, 0) is 9.53 Å². The number of likely N-dealkylation sites (tertiary alicyclic amines) is 1. The van der Waals surface area contributed by atoms with E-state index in [1.165, 1.54) is 0 Å². The molecule has 1 aromatic rings. The summed E-state index contributed by atoms with van der Waals surface area (Å²) in [5, 5.41) is 8.12. The van der Waals surface area contributed by atoms with Gasteiger partial charge in [0.25, 0.3) is 0 Å². The first-order valence-corrected chi connectivity index (χ1v) is 9.09. The average molecular weight is 335 g/mol. The molecule has 1 aliphatic heterocycles. The van der Waals surface area contributed by atoms with Crippen molar-refractivity contribution in [1.29, 1.82) is 0 Å². The Balaban J connectivity index is 1.87. The molecule has 0 N–H and O–H groups in total. The topological polar surface area (TPSA) is 68.5 Å². The van der Waals surface area contributed by atoms with Crippen LogP contribution in [0.25, 0.3) is 0 Å². The fourth-order valence-corrected chi connectivity index (χ4v) is 4.52. The summed E-state index contributed by atoms with van der Waals surface area (Å²) in [6.45, 7) is 6.80. The van der Waals surface area contributed by atoms with E-state index in [0.717, 1.165) is 38.5 Å². The molecule has 2 fully saturated rings. The number of methoxy groups -OCH3 is 1. The summed E-state index contributed by atoms with van der Waals surface area (Å²) in [7, 11) is 1.70. The molecule has 0 unspecified atom stereocenters. The fraction of sp³-hybridized carbons (Fsp3) is 0.833. The van der Waals surface area contributed by atoms with Gasteiger partial charge in [-0.25, -0.2) is 0 Å². The van der Waals surface area contributed by atoms with Crippen molar-refractivity contribution < 1.29 is 13.9 Å².